The Labute approximate surface area is 119 Å². The van der Waals surface area contributed by atoms with Crippen LogP contribution in [0.5, 0.6) is 0 Å². The molecule has 3 rings (SSSR count). The number of aromatic amines is 1. The standard InChI is InChI=1S/C14H11ClN4O/c1-19-8-9(7-16-19)6-11(15)13-17-12-5-3-2-4-10(12)14(20)18-13/h2-8H,1H3,(H,17,18,20)/b11-6-. The van der Waals surface area contributed by atoms with Crippen LogP contribution in [0.4, 0.5) is 0 Å². The van der Waals surface area contributed by atoms with Gasteiger partial charge in [0.1, 0.15) is 0 Å². The Morgan fingerprint density at radius 2 is 2.20 bits per heavy atom. The molecule has 5 nitrogen and oxygen atoms in total. The van der Waals surface area contributed by atoms with Crippen molar-refractivity contribution in [2.45, 2.75) is 0 Å². The molecular formula is C14H11ClN4O. The van der Waals surface area contributed by atoms with Crippen LogP contribution in [0, 0.1) is 0 Å². The van der Waals surface area contributed by atoms with Crippen molar-refractivity contribution < 1.29 is 0 Å². The van der Waals surface area contributed by atoms with E-state index >= 15 is 0 Å². The van der Waals surface area contributed by atoms with Crippen molar-refractivity contribution in [3.8, 4) is 0 Å². The molecule has 1 aromatic carbocycles. The quantitative estimate of drug-likeness (QED) is 0.787. The number of nitrogens with zero attached hydrogens (tertiary/aromatic N) is 3. The van der Waals surface area contributed by atoms with Crippen LogP contribution < -0.4 is 5.56 Å². The number of halogens is 1. The molecule has 3 aromatic rings. The number of benzene rings is 1. The summed E-state index contributed by atoms with van der Waals surface area (Å²) in [5.74, 6) is 0.346. The molecule has 0 atom stereocenters. The molecule has 0 aliphatic rings. The minimum absolute atomic E-state index is 0.205. The second-order valence-electron chi connectivity index (χ2n) is 4.37. The second-order valence-corrected chi connectivity index (χ2v) is 4.78. The van der Waals surface area contributed by atoms with Crippen LogP contribution in [0.3, 0.4) is 0 Å². The van der Waals surface area contributed by atoms with Crippen molar-refractivity contribution in [1.29, 1.82) is 0 Å². The normalized spacial score (nSPS) is 12.0. The fourth-order valence-electron chi connectivity index (χ4n) is 1.93. The number of fused-ring (bicyclic) bond motifs is 1. The SMILES string of the molecule is Cn1cc(/C=C(\Cl)c2nc3ccccc3c(=O)[nH]2)cn1. The molecule has 0 bridgehead atoms. The highest BCUT2D eigenvalue weighted by molar-refractivity contribution is 6.50. The van der Waals surface area contributed by atoms with Crippen LogP contribution in [0.1, 0.15) is 11.4 Å². The van der Waals surface area contributed by atoms with Crippen LogP contribution >= 0.6 is 11.6 Å². The van der Waals surface area contributed by atoms with Crippen molar-refractivity contribution in [2.75, 3.05) is 0 Å². The zero-order chi connectivity index (χ0) is 14.1. The summed E-state index contributed by atoms with van der Waals surface area (Å²) < 4.78 is 1.67. The third-order valence-electron chi connectivity index (χ3n) is 2.86. The molecule has 0 radical (unpaired) electrons. The van der Waals surface area contributed by atoms with Gasteiger partial charge in [0, 0.05) is 18.8 Å². The van der Waals surface area contributed by atoms with Crippen LogP contribution in [-0.2, 0) is 7.05 Å². The molecule has 0 aliphatic heterocycles. The third-order valence-corrected chi connectivity index (χ3v) is 3.15. The molecule has 0 saturated heterocycles. The van der Waals surface area contributed by atoms with Crippen molar-refractivity contribution in [2.24, 2.45) is 7.05 Å². The third kappa shape index (κ3) is 2.35. The molecule has 2 heterocycles. The Morgan fingerprint density at radius 3 is 2.95 bits per heavy atom. The van der Waals surface area contributed by atoms with Crippen LogP contribution in [-0.4, -0.2) is 19.7 Å². The average molecular weight is 287 g/mol. The summed E-state index contributed by atoms with van der Waals surface area (Å²) in [5, 5.41) is 4.96. The summed E-state index contributed by atoms with van der Waals surface area (Å²) in [6.45, 7) is 0. The van der Waals surface area contributed by atoms with E-state index in [2.05, 4.69) is 15.1 Å². The number of aryl methyl sites for hydroxylation is 1. The number of H-pyrrole nitrogens is 1. The topological polar surface area (TPSA) is 63.6 Å². The van der Waals surface area contributed by atoms with E-state index in [1.165, 1.54) is 0 Å². The van der Waals surface area contributed by atoms with E-state index in [1.54, 1.807) is 35.2 Å². The number of para-hydroxylation sites is 1. The maximum Gasteiger partial charge on any atom is 0.259 e. The molecular weight excluding hydrogens is 276 g/mol. The lowest BCUT2D eigenvalue weighted by Crippen LogP contribution is -2.10. The second kappa shape index (κ2) is 4.94. The Kier molecular flexibility index (Phi) is 3.12. The number of hydrogen-bond donors (Lipinski definition) is 1. The van der Waals surface area contributed by atoms with Gasteiger partial charge in [-0.1, -0.05) is 23.7 Å². The number of aromatic nitrogens is 4. The first-order valence-electron chi connectivity index (χ1n) is 5.99. The first-order chi connectivity index (χ1) is 9.63. The van der Waals surface area contributed by atoms with E-state index < -0.39 is 0 Å². The fourth-order valence-corrected chi connectivity index (χ4v) is 2.14. The molecule has 0 fully saturated rings. The van der Waals surface area contributed by atoms with E-state index in [9.17, 15) is 4.79 Å². The summed E-state index contributed by atoms with van der Waals surface area (Å²) in [6, 6.07) is 7.13. The van der Waals surface area contributed by atoms with Crippen LogP contribution in [0.15, 0.2) is 41.5 Å². The first-order valence-corrected chi connectivity index (χ1v) is 6.36. The molecule has 0 saturated carbocycles. The van der Waals surface area contributed by atoms with Gasteiger partial charge in [0.15, 0.2) is 5.82 Å². The molecule has 20 heavy (non-hydrogen) atoms. The monoisotopic (exact) mass is 286 g/mol. The van der Waals surface area contributed by atoms with Gasteiger partial charge in [-0.3, -0.25) is 9.48 Å². The lowest BCUT2D eigenvalue weighted by molar-refractivity contribution is 0.767. The summed E-state index contributed by atoms with van der Waals surface area (Å²) >= 11 is 6.21. The predicted octanol–water partition coefficient (Wildman–Crippen LogP) is 2.39. The van der Waals surface area contributed by atoms with E-state index in [0.717, 1.165) is 5.56 Å². The Hall–Kier alpha value is -2.40. The smallest absolute Gasteiger partial charge is 0.259 e. The van der Waals surface area contributed by atoms with Gasteiger partial charge in [-0.05, 0) is 18.2 Å². The Bertz CT molecular complexity index is 863. The van der Waals surface area contributed by atoms with Gasteiger partial charge < -0.3 is 4.98 Å². The van der Waals surface area contributed by atoms with E-state index in [0.29, 0.717) is 21.8 Å². The van der Waals surface area contributed by atoms with E-state index in [4.69, 9.17) is 11.6 Å². The van der Waals surface area contributed by atoms with Gasteiger partial charge in [0.25, 0.3) is 5.56 Å². The molecule has 2 aromatic heterocycles. The lowest BCUT2D eigenvalue weighted by atomic mass is 10.2. The Balaban J connectivity index is 2.10. The molecule has 100 valence electrons. The molecule has 0 unspecified atom stereocenters. The van der Waals surface area contributed by atoms with Crippen LogP contribution in [0.2, 0.25) is 0 Å². The minimum atomic E-state index is -0.205. The highest BCUT2D eigenvalue weighted by Crippen LogP contribution is 2.19. The van der Waals surface area contributed by atoms with Gasteiger partial charge in [-0.2, -0.15) is 5.10 Å². The maximum absolute atomic E-state index is 12.0. The van der Waals surface area contributed by atoms with Gasteiger partial charge in [0.2, 0.25) is 0 Å². The highest BCUT2D eigenvalue weighted by atomic mass is 35.5. The Morgan fingerprint density at radius 1 is 1.40 bits per heavy atom. The molecule has 0 spiro atoms. The van der Waals surface area contributed by atoms with Crippen molar-refractivity contribution in [3.05, 3.63) is 58.4 Å². The number of hydrogen-bond acceptors (Lipinski definition) is 3. The molecule has 6 heteroatoms. The predicted molar refractivity (Wildman–Crippen MR) is 79.3 cm³/mol. The van der Waals surface area contributed by atoms with Crippen molar-refractivity contribution in [1.82, 2.24) is 19.7 Å². The van der Waals surface area contributed by atoms with Gasteiger partial charge in [-0.25, -0.2) is 4.98 Å². The number of rotatable bonds is 2. The highest BCUT2D eigenvalue weighted by Gasteiger charge is 2.06. The van der Waals surface area contributed by atoms with E-state index in [-0.39, 0.29) is 5.56 Å². The van der Waals surface area contributed by atoms with Gasteiger partial charge in [-0.15, -0.1) is 0 Å². The van der Waals surface area contributed by atoms with Crippen LogP contribution in [0.25, 0.3) is 22.0 Å². The zero-order valence-electron chi connectivity index (χ0n) is 10.7. The molecule has 1 N–H and O–H groups in total. The van der Waals surface area contributed by atoms with E-state index in [1.807, 2.05) is 19.3 Å². The average Bonchev–Trinajstić information content (AvgIpc) is 2.84. The molecule has 0 amide bonds. The summed E-state index contributed by atoms with van der Waals surface area (Å²) in [7, 11) is 1.82. The van der Waals surface area contributed by atoms with Crippen molar-refractivity contribution >= 4 is 33.6 Å². The summed E-state index contributed by atoms with van der Waals surface area (Å²) in [4.78, 5) is 19.0. The number of nitrogens with one attached hydrogen (secondary N) is 1. The fraction of sp³-hybridized carbons (Fsp3) is 0.0714. The van der Waals surface area contributed by atoms with Gasteiger partial charge in [0.05, 0.1) is 22.1 Å². The largest absolute Gasteiger partial charge is 0.305 e. The summed E-state index contributed by atoms with van der Waals surface area (Å²) in [5.41, 5.74) is 1.25. The minimum Gasteiger partial charge on any atom is -0.305 e. The lowest BCUT2D eigenvalue weighted by Gasteiger charge is -2.01. The van der Waals surface area contributed by atoms with Crippen molar-refractivity contribution in [3.63, 3.8) is 0 Å². The zero-order valence-corrected chi connectivity index (χ0v) is 11.4. The molecule has 0 aliphatic carbocycles. The summed E-state index contributed by atoms with van der Waals surface area (Å²) in [6.07, 6.45) is 5.21. The maximum atomic E-state index is 12.0. The first kappa shape index (κ1) is 12.6. The van der Waals surface area contributed by atoms with Gasteiger partial charge >= 0.3 is 0 Å².